The number of rotatable bonds is 2. The number of fused-ring (bicyclic) bond motifs is 1. The number of hydrogen-bond acceptors (Lipinski definition) is 3. The number of halogens is 1. The lowest BCUT2D eigenvalue weighted by Crippen LogP contribution is -2.29. The van der Waals surface area contributed by atoms with Crippen LogP contribution in [0.25, 0.3) is 0 Å². The Balaban J connectivity index is 1.97. The highest BCUT2D eigenvalue weighted by molar-refractivity contribution is 6.21. The van der Waals surface area contributed by atoms with E-state index < -0.39 is 17.6 Å². The Morgan fingerprint density at radius 1 is 1.00 bits per heavy atom. The van der Waals surface area contributed by atoms with Crippen LogP contribution < -0.4 is 0 Å². The summed E-state index contributed by atoms with van der Waals surface area (Å²) in [5.74, 6) is -1.59. The van der Waals surface area contributed by atoms with Gasteiger partial charge in [0.2, 0.25) is 0 Å². The molecule has 2 amide bonds. The Labute approximate surface area is 120 Å². The molecule has 1 aliphatic heterocycles. The summed E-state index contributed by atoms with van der Waals surface area (Å²) in [4.78, 5) is 25.4. The number of amides is 2. The number of imide groups is 1. The number of benzene rings is 2. The van der Waals surface area contributed by atoms with Crippen molar-refractivity contribution in [3.05, 3.63) is 70.5 Å². The quantitative estimate of drug-likeness (QED) is 0.794. The average molecular weight is 280 g/mol. The Kier molecular flexibility index (Phi) is 2.99. The molecule has 0 N–H and O–H groups in total. The first-order chi connectivity index (χ1) is 10.1. The molecule has 21 heavy (non-hydrogen) atoms. The average Bonchev–Trinajstić information content (AvgIpc) is 2.75. The Bertz CT molecular complexity index is 773. The maximum atomic E-state index is 14.0. The van der Waals surface area contributed by atoms with Gasteiger partial charge in [-0.1, -0.05) is 24.3 Å². The number of carbonyl (C=O) groups is 2. The van der Waals surface area contributed by atoms with Crippen molar-refractivity contribution in [3.63, 3.8) is 0 Å². The van der Waals surface area contributed by atoms with Gasteiger partial charge < -0.3 is 0 Å². The van der Waals surface area contributed by atoms with Crippen molar-refractivity contribution in [2.45, 2.75) is 6.54 Å². The third kappa shape index (κ3) is 1.98. The second-order valence-corrected chi connectivity index (χ2v) is 4.63. The zero-order valence-corrected chi connectivity index (χ0v) is 10.8. The van der Waals surface area contributed by atoms with Crippen molar-refractivity contribution in [2.24, 2.45) is 0 Å². The molecule has 1 aliphatic rings. The van der Waals surface area contributed by atoms with Gasteiger partial charge in [-0.2, -0.15) is 5.26 Å². The third-order valence-corrected chi connectivity index (χ3v) is 3.41. The van der Waals surface area contributed by atoms with E-state index in [1.807, 2.05) is 0 Å². The van der Waals surface area contributed by atoms with E-state index in [1.165, 1.54) is 18.2 Å². The van der Waals surface area contributed by atoms with Crippen molar-refractivity contribution in [2.75, 3.05) is 0 Å². The van der Waals surface area contributed by atoms with E-state index in [1.54, 1.807) is 30.3 Å². The number of nitrogens with zero attached hydrogens (tertiary/aromatic N) is 2. The first kappa shape index (κ1) is 13.0. The van der Waals surface area contributed by atoms with E-state index in [0.717, 1.165) is 4.90 Å². The molecule has 0 radical (unpaired) electrons. The fourth-order valence-electron chi connectivity index (χ4n) is 2.34. The highest BCUT2D eigenvalue weighted by Crippen LogP contribution is 2.25. The van der Waals surface area contributed by atoms with Crippen LogP contribution >= 0.6 is 0 Å². The van der Waals surface area contributed by atoms with Gasteiger partial charge in [-0.25, -0.2) is 4.39 Å². The van der Waals surface area contributed by atoms with Gasteiger partial charge in [0.1, 0.15) is 11.9 Å². The predicted octanol–water partition coefficient (Wildman–Crippen LogP) is 2.49. The normalized spacial score (nSPS) is 13.2. The lowest BCUT2D eigenvalue weighted by atomic mass is 10.1. The summed E-state index contributed by atoms with van der Waals surface area (Å²) in [5, 5.41) is 8.81. The van der Waals surface area contributed by atoms with Crippen molar-refractivity contribution in [1.82, 2.24) is 4.90 Å². The maximum Gasteiger partial charge on any atom is 0.261 e. The molecule has 0 aliphatic carbocycles. The zero-order valence-electron chi connectivity index (χ0n) is 10.8. The van der Waals surface area contributed by atoms with Gasteiger partial charge in [0.15, 0.2) is 0 Å². The minimum absolute atomic E-state index is 0.107. The molecule has 0 unspecified atom stereocenters. The molecule has 2 aromatic rings. The lowest BCUT2D eigenvalue weighted by Gasteiger charge is -2.14. The van der Waals surface area contributed by atoms with Crippen molar-refractivity contribution in [1.29, 1.82) is 5.26 Å². The molecule has 4 nitrogen and oxygen atoms in total. The third-order valence-electron chi connectivity index (χ3n) is 3.41. The molecule has 0 spiro atoms. The van der Waals surface area contributed by atoms with E-state index >= 15 is 0 Å². The molecular formula is C16H9FN2O2. The number of carbonyl (C=O) groups excluding carboxylic acids is 2. The first-order valence-electron chi connectivity index (χ1n) is 6.26. The molecule has 5 heteroatoms. The van der Waals surface area contributed by atoms with Gasteiger partial charge in [0, 0.05) is 5.56 Å². The minimum Gasteiger partial charge on any atom is -0.270 e. The molecule has 0 aromatic heterocycles. The largest absolute Gasteiger partial charge is 0.270 e. The van der Waals surface area contributed by atoms with Gasteiger partial charge in [0.05, 0.1) is 23.2 Å². The summed E-state index contributed by atoms with van der Waals surface area (Å²) < 4.78 is 14.0. The van der Waals surface area contributed by atoms with Crippen LogP contribution in [0.15, 0.2) is 42.5 Å². The highest BCUT2D eigenvalue weighted by atomic mass is 19.1. The van der Waals surface area contributed by atoms with Gasteiger partial charge in [0.25, 0.3) is 11.8 Å². The maximum absolute atomic E-state index is 14.0. The molecule has 0 atom stereocenters. The van der Waals surface area contributed by atoms with Crippen LogP contribution in [0.1, 0.15) is 31.8 Å². The fraction of sp³-hybridized carbons (Fsp3) is 0.0625. The Morgan fingerprint density at radius 3 is 2.19 bits per heavy atom. The van der Waals surface area contributed by atoms with Gasteiger partial charge in [-0.15, -0.1) is 0 Å². The second-order valence-electron chi connectivity index (χ2n) is 4.63. The summed E-state index contributed by atoms with van der Waals surface area (Å²) in [5.41, 5.74) is 0.673. The van der Waals surface area contributed by atoms with E-state index in [4.69, 9.17) is 5.26 Å². The Morgan fingerprint density at radius 2 is 1.62 bits per heavy atom. The molecule has 3 rings (SSSR count). The van der Waals surface area contributed by atoms with Crippen molar-refractivity contribution >= 4 is 11.8 Å². The van der Waals surface area contributed by atoms with Crippen LogP contribution in [0.2, 0.25) is 0 Å². The van der Waals surface area contributed by atoms with Crippen molar-refractivity contribution in [3.8, 4) is 6.07 Å². The molecule has 1 heterocycles. The molecule has 0 fully saturated rings. The van der Waals surface area contributed by atoms with Crippen LogP contribution in [0.5, 0.6) is 0 Å². The smallest absolute Gasteiger partial charge is 0.261 e. The van der Waals surface area contributed by atoms with Gasteiger partial charge in [-0.3, -0.25) is 14.5 Å². The predicted molar refractivity (Wildman–Crippen MR) is 71.8 cm³/mol. The molecule has 102 valence electrons. The van der Waals surface area contributed by atoms with Gasteiger partial charge in [-0.05, 0) is 18.2 Å². The van der Waals surface area contributed by atoms with Crippen LogP contribution in [0.4, 0.5) is 4.39 Å². The summed E-state index contributed by atoms with van der Waals surface area (Å²) in [6, 6.07) is 12.5. The van der Waals surface area contributed by atoms with Crippen LogP contribution in [0.3, 0.4) is 0 Å². The zero-order chi connectivity index (χ0) is 15.0. The Hall–Kier alpha value is -3.00. The summed E-state index contributed by atoms with van der Waals surface area (Å²) in [6.45, 7) is -0.187. The number of nitriles is 1. The van der Waals surface area contributed by atoms with E-state index in [0.29, 0.717) is 11.1 Å². The van der Waals surface area contributed by atoms with E-state index in [2.05, 4.69) is 0 Å². The summed E-state index contributed by atoms with van der Waals surface area (Å²) in [7, 11) is 0. The minimum atomic E-state index is -0.698. The van der Waals surface area contributed by atoms with Crippen LogP contribution in [-0.2, 0) is 6.54 Å². The molecule has 0 saturated heterocycles. The lowest BCUT2D eigenvalue weighted by molar-refractivity contribution is 0.0641. The van der Waals surface area contributed by atoms with E-state index in [9.17, 15) is 14.0 Å². The molecule has 0 bridgehead atoms. The topological polar surface area (TPSA) is 61.2 Å². The monoisotopic (exact) mass is 280 g/mol. The van der Waals surface area contributed by atoms with Crippen LogP contribution in [-0.4, -0.2) is 16.7 Å². The number of hydrogen-bond donors (Lipinski definition) is 0. The fourth-order valence-corrected chi connectivity index (χ4v) is 2.34. The van der Waals surface area contributed by atoms with Gasteiger partial charge >= 0.3 is 0 Å². The second kappa shape index (κ2) is 4.84. The summed E-state index contributed by atoms with van der Waals surface area (Å²) in [6.07, 6.45) is 0. The molecule has 0 saturated carbocycles. The standard InChI is InChI=1S/C16H9FN2O2/c17-14-10(8-18)4-3-5-11(14)9-19-15(20)12-6-1-2-7-13(12)16(19)21/h1-7H,9H2. The first-order valence-corrected chi connectivity index (χ1v) is 6.26. The molecule has 2 aromatic carbocycles. The highest BCUT2D eigenvalue weighted by Gasteiger charge is 2.35. The summed E-state index contributed by atoms with van der Waals surface area (Å²) >= 11 is 0. The molecular weight excluding hydrogens is 271 g/mol. The SMILES string of the molecule is N#Cc1cccc(CN2C(=O)c3ccccc3C2=O)c1F. The van der Waals surface area contributed by atoms with Crippen LogP contribution in [0, 0.1) is 17.1 Å². The van der Waals surface area contributed by atoms with E-state index in [-0.39, 0.29) is 17.7 Å². The van der Waals surface area contributed by atoms with Crippen molar-refractivity contribution < 1.29 is 14.0 Å².